The molecule has 0 saturated carbocycles. The fourth-order valence-corrected chi connectivity index (χ4v) is 4.54. The van der Waals surface area contributed by atoms with Gasteiger partial charge in [-0.25, -0.2) is 8.42 Å². The van der Waals surface area contributed by atoms with Gasteiger partial charge in [-0.2, -0.15) is 4.31 Å². The van der Waals surface area contributed by atoms with E-state index in [1.54, 1.807) is 31.4 Å². The molecular formula is C20H23N3O5S. The number of rotatable bonds is 6. The Kier molecular flexibility index (Phi) is 6.50. The molecule has 2 N–H and O–H groups in total. The van der Waals surface area contributed by atoms with Crippen LogP contribution in [0.15, 0.2) is 53.4 Å². The third-order valence-corrected chi connectivity index (χ3v) is 6.57. The second kappa shape index (κ2) is 9.06. The maximum Gasteiger partial charge on any atom is 0.269 e. The number of carbonyl (C=O) groups is 2. The molecule has 154 valence electrons. The summed E-state index contributed by atoms with van der Waals surface area (Å²) in [5.41, 5.74) is 5.70. The fraction of sp³-hybridized carbons (Fsp3) is 0.300. The van der Waals surface area contributed by atoms with Crippen LogP contribution in [0.25, 0.3) is 0 Å². The van der Waals surface area contributed by atoms with Crippen molar-refractivity contribution in [3.63, 3.8) is 0 Å². The number of nitrogens with zero attached hydrogens (tertiary/aromatic N) is 1. The predicted molar refractivity (Wildman–Crippen MR) is 107 cm³/mol. The molecule has 1 heterocycles. The van der Waals surface area contributed by atoms with Crippen LogP contribution in [0.5, 0.6) is 5.75 Å². The van der Waals surface area contributed by atoms with Gasteiger partial charge in [0.1, 0.15) is 5.75 Å². The van der Waals surface area contributed by atoms with Gasteiger partial charge < -0.3 is 4.74 Å². The lowest BCUT2D eigenvalue weighted by molar-refractivity contribution is -0.121. The number of hydrogen-bond donors (Lipinski definition) is 2. The van der Waals surface area contributed by atoms with Crippen molar-refractivity contribution in [1.29, 1.82) is 0 Å². The van der Waals surface area contributed by atoms with Gasteiger partial charge in [0, 0.05) is 18.7 Å². The van der Waals surface area contributed by atoms with Crippen molar-refractivity contribution in [2.45, 2.75) is 24.2 Å². The lowest BCUT2D eigenvalue weighted by Crippen LogP contribution is -2.42. The molecule has 0 atom stereocenters. The van der Waals surface area contributed by atoms with Crippen molar-refractivity contribution in [2.75, 3.05) is 20.2 Å². The Labute approximate surface area is 169 Å². The highest BCUT2D eigenvalue weighted by atomic mass is 32.2. The van der Waals surface area contributed by atoms with Crippen LogP contribution >= 0.6 is 0 Å². The van der Waals surface area contributed by atoms with Crippen LogP contribution in [0.3, 0.4) is 0 Å². The number of hydrogen-bond acceptors (Lipinski definition) is 5. The maximum absolute atomic E-state index is 12.5. The van der Waals surface area contributed by atoms with Crippen molar-refractivity contribution in [2.24, 2.45) is 0 Å². The minimum atomic E-state index is -3.52. The Morgan fingerprint density at radius 3 is 2.17 bits per heavy atom. The molecule has 8 nitrogen and oxygen atoms in total. The average molecular weight is 417 g/mol. The normalized spacial score (nSPS) is 14.4. The quantitative estimate of drug-likeness (QED) is 0.693. The Bertz CT molecular complexity index is 966. The summed E-state index contributed by atoms with van der Waals surface area (Å²) in [5.74, 6) is -0.215. The summed E-state index contributed by atoms with van der Waals surface area (Å²) in [7, 11) is -1.96. The molecule has 2 aromatic rings. The predicted octanol–water partition coefficient (Wildman–Crippen LogP) is 1.48. The summed E-state index contributed by atoms with van der Waals surface area (Å²) in [4.78, 5) is 24.3. The number of sulfonamides is 1. The van der Waals surface area contributed by atoms with E-state index in [0.717, 1.165) is 18.4 Å². The van der Waals surface area contributed by atoms with Crippen LogP contribution < -0.4 is 15.6 Å². The van der Waals surface area contributed by atoms with Crippen molar-refractivity contribution in [1.82, 2.24) is 15.2 Å². The molecule has 2 amide bonds. The van der Waals surface area contributed by atoms with Crippen LogP contribution in [-0.2, 0) is 21.2 Å². The highest BCUT2D eigenvalue weighted by molar-refractivity contribution is 7.89. The number of hydrazine groups is 1. The van der Waals surface area contributed by atoms with E-state index in [1.807, 2.05) is 0 Å². The standard InChI is InChI=1S/C20H23N3O5S/c1-28-17-8-4-15(5-9-17)14-19(24)21-22-20(25)16-6-10-18(11-7-16)29(26,27)23-12-2-3-13-23/h4-11H,2-3,12-14H2,1H3,(H,21,24)(H,22,25). The van der Waals surface area contributed by atoms with Gasteiger partial charge >= 0.3 is 0 Å². The monoisotopic (exact) mass is 417 g/mol. The zero-order valence-corrected chi connectivity index (χ0v) is 16.9. The average Bonchev–Trinajstić information content (AvgIpc) is 3.28. The number of benzene rings is 2. The third kappa shape index (κ3) is 5.12. The number of carbonyl (C=O) groups excluding carboxylic acids is 2. The zero-order chi connectivity index (χ0) is 20.9. The van der Waals surface area contributed by atoms with Gasteiger partial charge in [0.25, 0.3) is 5.91 Å². The van der Waals surface area contributed by atoms with Crippen LogP contribution in [0.4, 0.5) is 0 Å². The molecule has 9 heteroatoms. The van der Waals surface area contributed by atoms with E-state index in [4.69, 9.17) is 4.74 Å². The first kappa shape index (κ1) is 20.8. The summed E-state index contributed by atoms with van der Waals surface area (Å²) in [6.07, 6.45) is 1.81. The van der Waals surface area contributed by atoms with E-state index in [2.05, 4.69) is 10.9 Å². The SMILES string of the molecule is COc1ccc(CC(=O)NNC(=O)c2ccc(S(=O)(=O)N3CCCC3)cc2)cc1. The summed E-state index contributed by atoms with van der Waals surface area (Å²) in [6, 6.07) is 12.7. The molecule has 29 heavy (non-hydrogen) atoms. The zero-order valence-electron chi connectivity index (χ0n) is 16.1. The summed E-state index contributed by atoms with van der Waals surface area (Å²) >= 11 is 0. The smallest absolute Gasteiger partial charge is 0.269 e. The molecule has 0 aliphatic carbocycles. The van der Waals surface area contributed by atoms with E-state index in [1.165, 1.54) is 28.6 Å². The Morgan fingerprint density at radius 1 is 0.966 bits per heavy atom. The Morgan fingerprint density at radius 2 is 1.59 bits per heavy atom. The number of nitrogens with one attached hydrogen (secondary N) is 2. The summed E-state index contributed by atoms with van der Waals surface area (Å²) in [6.45, 7) is 1.04. The van der Waals surface area contributed by atoms with Gasteiger partial charge in [-0.05, 0) is 54.8 Å². The van der Waals surface area contributed by atoms with Crippen LogP contribution in [0, 0.1) is 0 Å². The second-order valence-electron chi connectivity index (χ2n) is 6.66. The van der Waals surface area contributed by atoms with Gasteiger partial charge in [-0.15, -0.1) is 0 Å². The van der Waals surface area contributed by atoms with E-state index >= 15 is 0 Å². The number of amides is 2. The van der Waals surface area contributed by atoms with Gasteiger partial charge in [0.2, 0.25) is 15.9 Å². The highest BCUT2D eigenvalue weighted by Gasteiger charge is 2.27. The van der Waals surface area contributed by atoms with E-state index in [-0.39, 0.29) is 22.8 Å². The summed E-state index contributed by atoms with van der Waals surface area (Å²) in [5, 5.41) is 0. The Hall–Kier alpha value is -2.91. The van der Waals surface area contributed by atoms with Crippen LogP contribution in [0.2, 0.25) is 0 Å². The van der Waals surface area contributed by atoms with E-state index < -0.39 is 15.9 Å². The lowest BCUT2D eigenvalue weighted by atomic mass is 10.1. The third-order valence-electron chi connectivity index (χ3n) is 4.66. The lowest BCUT2D eigenvalue weighted by Gasteiger charge is -2.15. The largest absolute Gasteiger partial charge is 0.497 e. The fourth-order valence-electron chi connectivity index (χ4n) is 3.03. The molecule has 3 rings (SSSR count). The molecule has 1 saturated heterocycles. The van der Waals surface area contributed by atoms with Gasteiger partial charge in [-0.3, -0.25) is 20.4 Å². The van der Waals surface area contributed by atoms with Crippen LogP contribution in [0.1, 0.15) is 28.8 Å². The van der Waals surface area contributed by atoms with Gasteiger partial charge in [-0.1, -0.05) is 12.1 Å². The van der Waals surface area contributed by atoms with Gasteiger partial charge in [0.15, 0.2) is 0 Å². The summed E-state index contributed by atoms with van der Waals surface area (Å²) < 4.78 is 31.5. The molecule has 1 aliphatic rings. The first-order chi connectivity index (χ1) is 13.9. The molecule has 1 aliphatic heterocycles. The van der Waals surface area contributed by atoms with Crippen molar-refractivity contribution in [3.05, 3.63) is 59.7 Å². The van der Waals surface area contributed by atoms with Gasteiger partial charge in [0.05, 0.1) is 18.4 Å². The molecule has 1 fully saturated rings. The molecule has 0 bridgehead atoms. The minimum absolute atomic E-state index is 0.0945. The van der Waals surface area contributed by atoms with Crippen LogP contribution in [-0.4, -0.2) is 44.7 Å². The second-order valence-corrected chi connectivity index (χ2v) is 8.60. The first-order valence-corrected chi connectivity index (χ1v) is 10.7. The molecule has 0 radical (unpaired) electrons. The Balaban J connectivity index is 1.54. The molecule has 0 spiro atoms. The number of ether oxygens (including phenoxy) is 1. The topological polar surface area (TPSA) is 105 Å². The maximum atomic E-state index is 12.5. The van der Waals surface area contributed by atoms with Crippen molar-refractivity contribution in [3.8, 4) is 5.75 Å². The minimum Gasteiger partial charge on any atom is -0.497 e. The highest BCUT2D eigenvalue weighted by Crippen LogP contribution is 2.21. The molecule has 2 aromatic carbocycles. The first-order valence-electron chi connectivity index (χ1n) is 9.22. The van der Waals surface area contributed by atoms with E-state index in [0.29, 0.717) is 18.8 Å². The molecule has 0 aromatic heterocycles. The number of methoxy groups -OCH3 is 1. The van der Waals surface area contributed by atoms with Crippen molar-refractivity contribution >= 4 is 21.8 Å². The van der Waals surface area contributed by atoms with Crippen molar-refractivity contribution < 1.29 is 22.7 Å². The molecular weight excluding hydrogens is 394 g/mol. The van der Waals surface area contributed by atoms with E-state index in [9.17, 15) is 18.0 Å². The molecule has 0 unspecified atom stereocenters.